The molecule has 2 saturated heterocycles. The molecule has 2 unspecified atom stereocenters. The standard InChI is InChI=1S/C22H36N4O3/c1-3-23-22(24-10-5-12-29-21-9-13-28-17-21)25-15-18-8-11-26(16-18)19-6-4-7-20(14-19)27-2/h4,6-7,14,18,21H,3,5,8-13,15-17H2,1-2H3,(H2,23,24,25). The van der Waals surface area contributed by atoms with Gasteiger partial charge >= 0.3 is 0 Å². The molecule has 2 heterocycles. The molecule has 29 heavy (non-hydrogen) atoms. The first-order chi connectivity index (χ1) is 14.3. The number of nitrogens with zero attached hydrogens (tertiary/aromatic N) is 2. The largest absolute Gasteiger partial charge is 0.497 e. The van der Waals surface area contributed by atoms with Crippen molar-refractivity contribution in [3.63, 3.8) is 0 Å². The molecule has 0 bridgehead atoms. The van der Waals surface area contributed by atoms with Crippen LogP contribution in [0, 0.1) is 5.92 Å². The number of rotatable bonds is 10. The van der Waals surface area contributed by atoms with Crippen LogP contribution in [-0.2, 0) is 9.47 Å². The summed E-state index contributed by atoms with van der Waals surface area (Å²) >= 11 is 0. The molecule has 2 N–H and O–H groups in total. The highest BCUT2D eigenvalue weighted by atomic mass is 16.5. The van der Waals surface area contributed by atoms with Gasteiger partial charge in [0.15, 0.2) is 5.96 Å². The lowest BCUT2D eigenvalue weighted by molar-refractivity contribution is 0.0420. The third-order valence-corrected chi connectivity index (χ3v) is 5.41. The second kappa shape index (κ2) is 11.9. The van der Waals surface area contributed by atoms with Gasteiger partial charge in [-0.1, -0.05) is 6.07 Å². The van der Waals surface area contributed by atoms with Gasteiger partial charge in [0.2, 0.25) is 0 Å². The van der Waals surface area contributed by atoms with Gasteiger partial charge in [-0.3, -0.25) is 4.99 Å². The number of nitrogens with one attached hydrogen (secondary N) is 2. The molecule has 2 aliphatic heterocycles. The van der Waals surface area contributed by atoms with Gasteiger partial charge in [0.05, 0.1) is 19.8 Å². The molecule has 7 nitrogen and oxygen atoms in total. The zero-order chi connectivity index (χ0) is 20.3. The van der Waals surface area contributed by atoms with Crippen LogP contribution in [0.5, 0.6) is 5.75 Å². The minimum absolute atomic E-state index is 0.284. The fourth-order valence-electron chi connectivity index (χ4n) is 3.76. The van der Waals surface area contributed by atoms with E-state index in [1.165, 1.54) is 5.69 Å². The zero-order valence-electron chi connectivity index (χ0n) is 17.9. The summed E-state index contributed by atoms with van der Waals surface area (Å²) in [5, 5.41) is 6.77. The van der Waals surface area contributed by atoms with Gasteiger partial charge in [-0.25, -0.2) is 0 Å². The van der Waals surface area contributed by atoms with Gasteiger partial charge in [-0.05, 0) is 44.2 Å². The molecule has 0 amide bonds. The van der Waals surface area contributed by atoms with Gasteiger partial charge in [0, 0.05) is 57.7 Å². The second-order valence-electron chi connectivity index (χ2n) is 7.66. The average Bonchev–Trinajstić information content (AvgIpc) is 3.44. The number of methoxy groups -OCH3 is 1. The lowest BCUT2D eigenvalue weighted by Crippen LogP contribution is -2.38. The highest BCUT2D eigenvalue weighted by Crippen LogP contribution is 2.26. The lowest BCUT2D eigenvalue weighted by Gasteiger charge is -2.19. The van der Waals surface area contributed by atoms with E-state index in [2.05, 4.69) is 40.7 Å². The molecule has 0 saturated carbocycles. The van der Waals surface area contributed by atoms with Gasteiger partial charge in [0.25, 0.3) is 0 Å². The van der Waals surface area contributed by atoms with E-state index in [1.807, 2.05) is 6.07 Å². The topological polar surface area (TPSA) is 67.4 Å². The smallest absolute Gasteiger partial charge is 0.191 e. The van der Waals surface area contributed by atoms with E-state index in [-0.39, 0.29) is 6.10 Å². The molecule has 0 spiro atoms. The summed E-state index contributed by atoms with van der Waals surface area (Å²) in [5.41, 5.74) is 1.23. The van der Waals surface area contributed by atoms with Crippen molar-refractivity contribution in [2.24, 2.45) is 10.9 Å². The molecule has 162 valence electrons. The van der Waals surface area contributed by atoms with Crippen molar-refractivity contribution in [3.8, 4) is 5.75 Å². The van der Waals surface area contributed by atoms with Crippen molar-refractivity contribution in [2.45, 2.75) is 32.3 Å². The minimum Gasteiger partial charge on any atom is -0.497 e. The number of benzene rings is 1. The van der Waals surface area contributed by atoms with E-state index in [9.17, 15) is 0 Å². The molecule has 3 rings (SSSR count). The van der Waals surface area contributed by atoms with Crippen molar-refractivity contribution in [1.82, 2.24) is 10.6 Å². The minimum atomic E-state index is 0.284. The van der Waals surface area contributed by atoms with Crippen LogP contribution in [0.2, 0.25) is 0 Å². The van der Waals surface area contributed by atoms with E-state index in [1.54, 1.807) is 7.11 Å². The van der Waals surface area contributed by atoms with E-state index < -0.39 is 0 Å². The summed E-state index contributed by atoms with van der Waals surface area (Å²) in [5.74, 6) is 2.38. The van der Waals surface area contributed by atoms with Crippen LogP contribution in [0.25, 0.3) is 0 Å². The highest BCUT2D eigenvalue weighted by Gasteiger charge is 2.23. The molecule has 1 aromatic carbocycles. The number of hydrogen-bond acceptors (Lipinski definition) is 5. The molecule has 0 radical (unpaired) electrons. The number of ether oxygens (including phenoxy) is 3. The van der Waals surface area contributed by atoms with Gasteiger partial charge in [-0.2, -0.15) is 0 Å². The molecule has 2 fully saturated rings. The Hall–Kier alpha value is -1.99. The van der Waals surface area contributed by atoms with Crippen molar-refractivity contribution in [3.05, 3.63) is 24.3 Å². The van der Waals surface area contributed by atoms with Gasteiger partial charge in [0.1, 0.15) is 5.75 Å². The average molecular weight is 405 g/mol. The summed E-state index contributed by atoms with van der Waals surface area (Å²) in [7, 11) is 1.71. The second-order valence-corrected chi connectivity index (χ2v) is 7.66. The quantitative estimate of drug-likeness (QED) is 0.354. The van der Waals surface area contributed by atoms with Crippen LogP contribution in [0.3, 0.4) is 0 Å². The van der Waals surface area contributed by atoms with Crippen LogP contribution < -0.4 is 20.3 Å². The van der Waals surface area contributed by atoms with Crippen molar-refractivity contribution in [2.75, 3.05) is 64.6 Å². The maximum Gasteiger partial charge on any atom is 0.191 e. The summed E-state index contributed by atoms with van der Waals surface area (Å²) in [6, 6.07) is 8.30. The Balaban J connectivity index is 1.38. The molecule has 0 aromatic heterocycles. The van der Waals surface area contributed by atoms with Crippen molar-refractivity contribution >= 4 is 11.6 Å². The predicted octanol–water partition coefficient (Wildman–Crippen LogP) is 2.27. The molecule has 0 aliphatic carbocycles. The fraction of sp³-hybridized carbons (Fsp3) is 0.682. The Kier molecular flexibility index (Phi) is 8.89. The van der Waals surface area contributed by atoms with Crippen molar-refractivity contribution < 1.29 is 14.2 Å². The normalized spacial score (nSPS) is 22.1. The first kappa shape index (κ1) is 21.7. The first-order valence-electron chi connectivity index (χ1n) is 10.9. The molecular formula is C22H36N4O3. The monoisotopic (exact) mass is 404 g/mol. The molecule has 2 aliphatic rings. The maximum atomic E-state index is 5.82. The van der Waals surface area contributed by atoms with Crippen LogP contribution in [0.15, 0.2) is 29.3 Å². The van der Waals surface area contributed by atoms with E-state index in [0.717, 1.165) is 83.5 Å². The first-order valence-corrected chi connectivity index (χ1v) is 10.9. The highest BCUT2D eigenvalue weighted by molar-refractivity contribution is 5.79. The predicted molar refractivity (Wildman–Crippen MR) is 117 cm³/mol. The van der Waals surface area contributed by atoms with Crippen LogP contribution >= 0.6 is 0 Å². The molecule has 1 aromatic rings. The Morgan fingerprint density at radius 1 is 1.31 bits per heavy atom. The third kappa shape index (κ3) is 7.08. The molecule has 2 atom stereocenters. The lowest BCUT2D eigenvalue weighted by atomic mass is 10.1. The Morgan fingerprint density at radius 3 is 3.03 bits per heavy atom. The fourth-order valence-corrected chi connectivity index (χ4v) is 3.76. The number of aliphatic imine (C=N–C) groups is 1. The number of anilines is 1. The summed E-state index contributed by atoms with van der Waals surface area (Å²) in [6.07, 6.45) is 3.43. The van der Waals surface area contributed by atoms with E-state index in [0.29, 0.717) is 5.92 Å². The van der Waals surface area contributed by atoms with Gasteiger partial charge < -0.3 is 29.7 Å². The Labute approximate surface area is 174 Å². The summed E-state index contributed by atoms with van der Waals surface area (Å²) in [6.45, 7) is 9.10. The Bertz CT molecular complexity index is 634. The summed E-state index contributed by atoms with van der Waals surface area (Å²) < 4.78 is 16.5. The third-order valence-electron chi connectivity index (χ3n) is 5.41. The van der Waals surface area contributed by atoms with Crippen LogP contribution in [0.4, 0.5) is 5.69 Å². The van der Waals surface area contributed by atoms with E-state index >= 15 is 0 Å². The van der Waals surface area contributed by atoms with Crippen LogP contribution in [-0.4, -0.2) is 71.7 Å². The zero-order valence-corrected chi connectivity index (χ0v) is 17.9. The molecule has 7 heteroatoms. The SMILES string of the molecule is CCNC(=NCC1CCN(c2cccc(OC)c2)C1)NCCCOC1CCOC1. The maximum absolute atomic E-state index is 5.82. The van der Waals surface area contributed by atoms with E-state index in [4.69, 9.17) is 19.2 Å². The van der Waals surface area contributed by atoms with Crippen LogP contribution in [0.1, 0.15) is 26.2 Å². The molecular weight excluding hydrogens is 368 g/mol. The number of guanidine groups is 1. The van der Waals surface area contributed by atoms with Gasteiger partial charge in [-0.15, -0.1) is 0 Å². The Morgan fingerprint density at radius 2 is 2.24 bits per heavy atom. The summed E-state index contributed by atoms with van der Waals surface area (Å²) in [4.78, 5) is 7.24. The number of hydrogen-bond donors (Lipinski definition) is 2. The van der Waals surface area contributed by atoms with Crippen molar-refractivity contribution in [1.29, 1.82) is 0 Å².